The standard InChI is InChI=1S/C21H20O5/c1-13(2)12-25-15-6-7-16-18(11-15)26-20(21(16)22)10-14-5-8-17(23-3)19(9-14)24-4/h5-11H,1,12H2,2-4H3. The number of Topliss-reactive ketones (excluding diaryl/α,β-unsaturated/α-hetero) is 1. The van der Waals surface area contributed by atoms with Crippen molar-refractivity contribution in [2.75, 3.05) is 20.8 Å². The van der Waals surface area contributed by atoms with Crippen molar-refractivity contribution < 1.29 is 23.7 Å². The first-order chi connectivity index (χ1) is 12.5. The Labute approximate surface area is 152 Å². The number of hydrogen-bond acceptors (Lipinski definition) is 5. The summed E-state index contributed by atoms with van der Waals surface area (Å²) in [5, 5.41) is 0. The molecule has 0 aliphatic carbocycles. The van der Waals surface area contributed by atoms with Gasteiger partial charge >= 0.3 is 0 Å². The number of ketones is 1. The van der Waals surface area contributed by atoms with Gasteiger partial charge in [-0.3, -0.25) is 4.79 Å². The van der Waals surface area contributed by atoms with Crippen molar-refractivity contribution in [3.05, 3.63) is 65.4 Å². The zero-order valence-corrected chi connectivity index (χ0v) is 15.0. The van der Waals surface area contributed by atoms with Gasteiger partial charge in [-0.2, -0.15) is 0 Å². The van der Waals surface area contributed by atoms with Gasteiger partial charge in [0.2, 0.25) is 5.78 Å². The van der Waals surface area contributed by atoms with E-state index in [-0.39, 0.29) is 11.5 Å². The Bertz CT molecular complexity index is 895. The number of rotatable bonds is 6. The average Bonchev–Trinajstić information content (AvgIpc) is 2.95. The van der Waals surface area contributed by atoms with Crippen molar-refractivity contribution >= 4 is 11.9 Å². The number of fused-ring (bicyclic) bond motifs is 1. The molecule has 0 fully saturated rings. The molecule has 0 atom stereocenters. The summed E-state index contributed by atoms with van der Waals surface area (Å²) < 4.78 is 21.8. The Morgan fingerprint density at radius 3 is 2.58 bits per heavy atom. The summed E-state index contributed by atoms with van der Waals surface area (Å²) in [4.78, 5) is 12.6. The number of carbonyl (C=O) groups excluding carboxylic acids is 1. The van der Waals surface area contributed by atoms with E-state index in [1.54, 1.807) is 50.6 Å². The first-order valence-corrected chi connectivity index (χ1v) is 8.09. The quantitative estimate of drug-likeness (QED) is 0.574. The summed E-state index contributed by atoms with van der Waals surface area (Å²) in [6.07, 6.45) is 1.68. The van der Waals surface area contributed by atoms with Crippen LogP contribution in [0.3, 0.4) is 0 Å². The molecule has 5 nitrogen and oxygen atoms in total. The van der Waals surface area contributed by atoms with Crippen molar-refractivity contribution in [1.82, 2.24) is 0 Å². The molecule has 1 aliphatic rings. The third-order valence-electron chi connectivity index (χ3n) is 3.83. The topological polar surface area (TPSA) is 54.0 Å². The van der Waals surface area contributed by atoms with Crippen molar-refractivity contribution in [2.24, 2.45) is 0 Å². The van der Waals surface area contributed by atoms with E-state index in [1.807, 2.05) is 13.0 Å². The molecule has 0 amide bonds. The molecule has 5 heteroatoms. The van der Waals surface area contributed by atoms with Gasteiger partial charge in [-0.1, -0.05) is 12.6 Å². The lowest BCUT2D eigenvalue weighted by molar-refractivity contribution is 0.101. The van der Waals surface area contributed by atoms with Crippen LogP contribution < -0.4 is 18.9 Å². The van der Waals surface area contributed by atoms with Crippen LogP contribution in [0.5, 0.6) is 23.0 Å². The lowest BCUT2D eigenvalue weighted by Crippen LogP contribution is -1.98. The van der Waals surface area contributed by atoms with Gasteiger partial charge < -0.3 is 18.9 Å². The highest BCUT2D eigenvalue weighted by Gasteiger charge is 2.27. The molecule has 3 rings (SSSR count). The van der Waals surface area contributed by atoms with Crippen molar-refractivity contribution in [3.63, 3.8) is 0 Å². The van der Waals surface area contributed by atoms with E-state index < -0.39 is 0 Å². The molecule has 0 unspecified atom stereocenters. The highest BCUT2D eigenvalue weighted by molar-refractivity contribution is 6.14. The molecule has 1 heterocycles. The molecule has 26 heavy (non-hydrogen) atoms. The van der Waals surface area contributed by atoms with Gasteiger partial charge in [0.25, 0.3) is 0 Å². The maximum atomic E-state index is 12.6. The molecule has 0 radical (unpaired) electrons. The lowest BCUT2D eigenvalue weighted by Gasteiger charge is -2.08. The predicted octanol–water partition coefficient (Wildman–Crippen LogP) is 4.27. The van der Waals surface area contributed by atoms with E-state index in [0.29, 0.717) is 35.2 Å². The van der Waals surface area contributed by atoms with Gasteiger partial charge in [0.1, 0.15) is 18.1 Å². The van der Waals surface area contributed by atoms with Crippen LogP contribution in [0, 0.1) is 0 Å². The lowest BCUT2D eigenvalue weighted by atomic mass is 10.1. The third-order valence-corrected chi connectivity index (χ3v) is 3.83. The predicted molar refractivity (Wildman–Crippen MR) is 99.2 cm³/mol. The summed E-state index contributed by atoms with van der Waals surface area (Å²) in [7, 11) is 3.14. The van der Waals surface area contributed by atoms with Crippen LogP contribution in [0.4, 0.5) is 0 Å². The van der Waals surface area contributed by atoms with Gasteiger partial charge in [-0.15, -0.1) is 0 Å². The van der Waals surface area contributed by atoms with Crippen molar-refractivity contribution in [2.45, 2.75) is 6.92 Å². The Morgan fingerprint density at radius 2 is 1.88 bits per heavy atom. The van der Waals surface area contributed by atoms with E-state index in [0.717, 1.165) is 11.1 Å². The minimum Gasteiger partial charge on any atom is -0.493 e. The molecule has 1 aliphatic heterocycles. The van der Waals surface area contributed by atoms with Crippen molar-refractivity contribution in [1.29, 1.82) is 0 Å². The monoisotopic (exact) mass is 352 g/mol. The minimum atomic E-state index is -0.166. The summed E-state index contributed by atoms with van der Waals surface area (Å²) in [5.41, 5.74) is 2.20. The van der Waals surface area contributed by atoms with Gasteiger partial charge in [-0.05, 0) is 48.4 Å². The fourth-order valence-electron chi connectivity index (χ4n) is 2.56. The van der Waals surface area contributed by atoms with E-state index in [9.17, 15) is 4.79 Å². The molecule has 0 saturated heterocycles. The van der Waals surface area contributed by atoms with Gasteiger partial charge in [0.05, 0.1) is 19.8 Å². The Balaban J connectivity index is 1.85. The Kier molecular flexibility index (Phi) is 4.98. The summed E-state index contributed by atoms with van der Waals surface area (Å²) in [6.45, 7) is 6.11. The second-order valence-electron chi connectivity index (χ2n) is 5.96. The molecule has 0 aromatic heterocycles. The van der Waals surface area contributed by atoms with Gasteiger partial charge in [-0.25, -0.2) is 0 Å². The second kappa shape index (κ2) is 7.35. The van der Waals surface area contributed by atoms with Crippen LogP contribution in [-0.4, -0.2) is 26.6 Å². The number of ether oxygens (including phenoxy) is 4. The third kappa shape index (κ3) is 3.57. The number of benzene rings is 2. The molecular formula is C21H20O5. The summed E-state index contributed by atoms with van der Waals surface area (Å²) in [6, 6.07) is 10.6. The molecule has 2 aromatic rings. The summed E-state index contributed by atoms with van der Waals surface area (Å²) >= 11 is 0. The molecule has 0 spiro atoms. The molecule has 0 bridgehead atoms. The zero-order valence-electron chi connectivity index (χ0n) is 15.0. The van der Waals surface area contributed by atoms with Crippen LogP contribution in [0.25, 0.3) is 6.08 Å². The number of allylic oxidation sites excluding steroid dienone is 1. The second-order valence-corrected chi connectivity index (χ2v) is 5.96. The fraction of sp³-hybridized carbons (Fsp3) is 0.190. The molecule has 0 N–H and O–H groups in total. The van der Waals surface area contributed by atoms with Crippen LogP contribution in [0.2, 0.25) is 0 Å². The SMILES string of the molecule is C=C(C)COc1ccc2c(c1)OC(=Cc1ccc(OC)c(OC)c1)C2=O. The molecule has 2 aromatic carbocycles. The number of hydrogen-bond donors (Lipinski definition) is 0. The first kappa shape index (κ1) is 17.6. The zero-order chi connectivity index (χ0) is 18.7. The fourth-order valence-corrected chi connectivity index (χ4v) is 2.56. The maximum Gasteiger partial charge on any atom is 0.231 e. The van der Waals surface area contributed by atoms with Gasteiger partial charge in [0, 0.05) is 6.07 Å². The van der Waals surface area contributed by atoms with E-state index in [1.165, 1.54) is 0 Å². The minimum absolute atomic E-state index is 0.166. The van der Waals surface area contributed by atoms with Crippen molar-refractivity contribution in [3.8, 4) is 23.0 Å². The maximum absolute atomic E-state index is 12.6. The van der Waals surface area contributed by atoms with Crippen LogP contribution in [-0.2, 0) is 0 Å². The first-order valence-electron chi connectivity index (χ1n) is 8.09. The van der Waals surface area contributed by atoms with Crippen LogP contribution >= 0.6 is 0 Å². The van der Waals surface area contributed by atoms with Crippen LogP contribution in [0.15, 0.2) is 54.3 Å². The normalized spacial score (nSPS) is 14.0. The van der Waals surface area contributed by atoms with Gasteiger partial charge in [0.15, 0.2) is 17.3 Å². The molecular weight excluding hydrogens is 332 g/mol. The van der Waals surface area contributed by atoms with Crippen LogP contribution in [0.1, 0.15) is 22.8 Å². The highest BCUT2D eigenvalue weighted by atomic mass is 16.5. The Hall–Kier alpha value is -3.21. The molecule has 134 valence electrons. The number of methoxy groups -OCH3 is 2. The van der Waals surface area contributed by atoms with E-state index in [4.69, 9.17) is 18.9 Å². The largest absolute Gasteiger partial charge is 0.493 e. The van der Waals surface area contributed by atoms with E-state index in [2.05, 4.69) is 6.58 Å². The smallest absolute Gasteiger partial charge is 0.231 e. The van der Waals surface area contributed by atoms with E-state index >= 15 is 0 Å². The molecule has 0 saturated carbocycles. The average molecular weight is 352 g/mol. The summed E-state index contributed by atoms with van der Waals surface area (Å²) in [5.74, 6) is 2.41. The highest BCUT2D eigenvalue weighted by Crippen LogP contribution is 2.36. The number of carbonyl (C=O) groups is 1. The Morgan fingerprint density at radius 1 is 1.12 bits per heavy atom.